The number of hydrogen-bond acceptors (Lipinski definition) is 5. The Kier molecular flexibility index (Phi) is 3.77. The van der Waals surface area contributed by atoms with Gasteiger partial charge < -0.3 is 10.5 Å². The first kappa shape index (κ1) is 13.9. The zero-order chi connectivity index (χ0) is 14.8. The van der Waals surface area contributed by atoms with Crippen molar-refractivity contribution in [1.82, 2.24) is 10.4 Å². The molecule has 2 unspecified atom stereocenters. The van der Waals surface area contributed by atoms with E-state index in [-0.39, 0.29) is 12.0 Å². The third kappa shape index (κ3) is 2.46. The number of ether oxygens (including phenoxy) is 1. The van der Waals surface area contributed by atoms with Gasteiger partial charge >= 0.3 is 0 Å². The zero-order valence-electron chi connectivity index (χ0n) is 12.0. The Morgan fingerprint density at radius 3 is 2.90 bits per heavy atom. The molecule has 3 rings (SSSR count). The monoisotopic (exact) mass is 284 g/mol. The first-order chi connectivity index (χ1) is 10.2. The van der Waals surface area contributed by atoms with Crippen molar-refractivity contribution in [2.24, 2.45) is 5.84 Å². The molecule has 0 saturated heterocycles. The Balaban J connectivity index is 2.06. The largest absolute Gasteiger partial charge is 0.493 e. The SMILES string of the molecule is Cc1ccnc(N)c1C(NN)C1CCOc2ccccc21. The Bertz CT molecular complexity index is 624. The molecule has 0 amide bonds. The van der Waals surface area contributed by atoms with E-state index in [0.717, 1.165) is 28.9 Å². The van der Waals surface area contributed by atoms with Crippen molar-refractivity contribution in [2.75, 3.05) is 12.3 Å². The highest BCUT2D eigenvalue weighted by Crippen LogP contribution is 2.42. The number of rotatable bonds is 3. The summed E-state index contributed by atoms with van der Waals surface area (Å²) in [7, 11) is 0. The lowest BCUT2D eigenvalue weighted by Crippen LogP contribution is -2.35. The predicted octanol–water partition coefficient (Wildman–Crippen LogP) is 2.04. The third-order valence-corrected chi connectivity index (χ3v) is 4.14. The van der Waals surface area contributed by atoms with Gasteiger partial charge in [-0.3, -0.25) is 11.3 Å². The van der Waals surface area contributed by atoms with Gasteiger partial charge in [-0.1, -0.05) is 18.2 Å². The molecular formula is C16H20N4O. The maximum Gasteiger partial charge on any atom is 0.128 e. The van der Waals surface area contributed by atoms with Crippen molar-refractivity contribution < 1.29 is 4.74 Å². The highest BCUT2D eigenvalue weighted by molar-refractivity contribution is 5.49. The summed E-state index contributed by atoms with van der Waals surface area (Å²) in [6, 6.07) is 9.97. The van der Waals surface area contributed by atoms with Crippen LogP contribution in [0.1, 0.15) is 35.1 Å². The van der Waals surface area contributed by atoms with Gasteiger partial charge in [-0.2, -0.15) is 0 Å². The molecule has 1 aliphatic rings. The smallest absolute Gasteiger partial charge is 0.128 e. The van der Waals surface area contributed by atoms with Crippen molar-refractivity contribution in [3.8, 4) is 5.75 Å². The van der Waals surface area contributed by atoms with E-state index in [1.54, 1.807) is 6.20 Å². The van der Waals surface area contributed by atoms with Crippen LogP contribution in [0.5, 0.6) is 5.75 Å². The van der Waals surface area contributed by atoms with E-state index in [9.17, 15) is 0 Å². The summed E-state index contributed by atoms with van der Waals surface area (Å²) in [6.45, 7) is 2.71. The molecule has 5 nitrogen and oxygen atoms in total. The number of pyridine rings is 1. The third-order valence-electron chi connectivity index (χ3n) is 4.14. The molecule has 21 heavy (non-hydrogen) atoms. The lowest BCUT2D eigenvalue weighted by atomic mass is 9.82. The van der Waals surface area contributed by atoms with E-state index < -0.39 is 0 Å². The van der Waals surface area contributed by atoms with Gasteiger partial charge in [-0.25, -0.2) is 4.98 Å². The van der Waals surface area contributed by atoms with Crippen LogP contribution in [0.2, 0.25) is 0 Å². The number of para-hydroxylation sites is 1. The topological polar surface area (TPSA) is 86.2 Å². The lowest BCUT2D eigenvalue weighted by Gasteiger charge is -2.33. The van der Waals surface area contributed by atoms with Gasteiger partial charge in [-0.05, 0) is 36.6 Å². The molecule has 0 saturated carbocycles. The van der Waals surface area contributed by atoms with Gasteiger partial charge in [0.2, 0.25) is 0 Å². The minimum absolute atomic E-state index is 0.0799. The molecule has 5 N–H and O–H groups in total. The Hall–Kier alpha value is -2.11. The number of nitrogens with zero attached hydrogens (tertiary/aromatic N) is 1. The summed E-state index contributed by atoms with van der Waals surface area (Å²) >= 11 is 0. The van der Waals surface area contributed by atoms with Gasteiger partial charge in [-0.15, -0.1) is 0 Å². The maximum atomic E-state index is 6.09. The zero-order valence-corrected chi connectivity index (χ0v) is 12.0. The van der Waals surface area contributed by atoms with Crippen molar-refractivity contribution in [1.29, 1.82) is 0 Å². The molecule has 110 valence electrons. The van der Waals surface area contributed by atoms with Crippen LogP contribution in [0.3, 0.4) is 0 Å². The molecule has 2 atom stereocenters. The number of aromatic nitrogens is 1. The van der Waals surface area contributed by atoms with Crippen molar-refractivity contribution in [2.45, 2.75) is 25.3 Å². The summed E-state index contributed by atoms with van der Waals surface area (Å²) in [4.78, 5) is 4.21. The van der Waals surface area contributed by atoms with Gasteiger partial charge in [0.15, 0.2) is 0 Å². The predicted molar refractivity (Wildman–Crippen MR) is 82.7 cm³/mol. The van der Waals surface area contributed by atoms with Crippen molar-refractivity contribution >= 4 is 5.82 Å². The van der Waals surface area contributed by atoms with Gasteiger partial charge in [0, 0.05) is 17.7 Å². The molecule has 0 radical (unpaired) electrons. The highest BCUT2D eigenvalue weighted by atomic mass is 16.5. The molecule has 0 bridgehead atoms. The normalized spacial score (nSPS) is 18.7. The fraction of sp³-hybridized carbons (Fsp3) is 0.312. The number of hydrogen-bond donors (Lipinski definition) is 3. The van der Waals surface area contributed by atoms with Crippen LogP contribution >= 0.6 is 0 Å². The number of nitrogens with one attached hydrogen (secondary N) is 1. The summed E-state index contributed by atoms with van der Waals surface area (Å²) in [5, 5.41) is 0. The van der Waals surface area contributed by atoms with Crippen LogP contribution in [0.25, 0.3) is 0 Å². The minimum atomic E-state index is -0.0799. The molecule has 2 aromatic rings. The van der Waals surface area contributed by atoms with E-state index in [1.807, 2.05) is 31.2 Å². The van der Waals surface area contributed by atoms with Gasteiger partial charge in [0.1, 0.15) is 11.6 Å². The summed E-state index contributed by atoms with van der Waals surface area (Å²) in [5.41, 5.74) is 12.2. The second-order valence-corrected chi connectivity index (χ2v) is 5.35. The Morgan fingerprint density at radius 1 is 1.33 bits per heavy atom. The first-order valence-electron chi connectivity index (χ1n) is 7.11. The summed E-state index contributed by atoms with van der Waals surface area (Å²) in [5.74, 6) is 7.52. The van der Waals surface area contributed by atoms with E-state index in [4.69, 9.17) is 16.3 Å². The van der Waals surface area contributed by atoms with E-state index >= 15 is 0 Å². The molecule has 1 aliphatic heterocycles. The van der Waals surface area contributed by atoms with Crippen LogP contribution in [0, 0.1) is 6.92 Å². The molecule has 0 aliphatic carbocycles. The van der Waals surface area contributed by atoms with Gasteiger partial charge in [0.05, 0.1) is 12.6 Å². The number of hydrazine groups is 1. The number of fused-ring (bicyclic) bond motifs is 1. The minimum Gasteiger partial charge on any atom is -0.493 e. The number of nitrogen functional groups attached to an aromatic ring is 1. The molecule has 0 fully saturated rings. The lowest BCUT2D eigenvalue weighted by molar-refractivity contribution is 0.246. The van der Waals surface area contributed by atoms with E-state index in [2.05, 4.69) is 16.5 Å². The van der Waals surface area contributed by atoms with Crippen LogP contribution in [-0.2, 0) is 0 Å². The van der Waals surface area contributed by atoms with Crippen molar-refractivity contribution in [3.05, 3.63) is 53.2 Å². The van der Waals surface area contributed by atoms with Crippen LogP contribution < -0.4 is 21.7 Å². The number of nitrogens with two attached hydrogens (primary N) is 2. The fourth-order valence-corrected chi connectivity index (χ4v) is 3.11. The molecule has 1 aromatic carbocycles. The first-order valence-corrected chi connectivity index (χ1v) is 7.11. The number of benzene rings is 1. The Labute approximate surface area is 124 Å². The quantitative estimate of drug-likeness (QED) is 0.593. The van der Waals surface area contributed by atoms with Crippen LogP contribution in [0.15, 0.2) is 36.5 Å². The van der Waals surface area contributed by atoms with Gasteiger partial charge in [0.25, 0.3) is 0 Å². The van der Waals surface area contributed by atoms with Crippen LogP contribution in [-0.4, -0.2) is 11.6 Å². The molecule has 1 aromatic heterocycles. The standard InChI is InChI=1S/C16H20N4O/c1-10-6-8-19-16(17)14(10)15(20-18)12-7-9-21-13-5-3-2-4-11(12)13/h2-6,8,12,15,20H,7,9,18H2,1H3,(H2,17,19). The summed E-state index contributed by atoms with van der Waals surface area (Å²) < 4.78 is 5.73. The molecule has 5 heteroatoms. The highest BCUT2D eigenvalue weighted by Gasteiger charge is 2.31. The second-order valence-electron chi connectivity index (χ2n) is 5.35. The average Bonchev–Trinajstić information content (AvgIpc) is 2.51. The number of aryl methyl sites for hydroxylation is 1. The average molecular weight is 284 g/mol. The molecule has 2 heterocycles. The second kappa shape index (κ2) is 5.71. The molecule has 0 spiro atoms. The van der Waals surface area contributed by atoms with Crippen LogP contribution in [0.4, 0.5) is 5.82 Å². The number of anilines is 1. The Morgan fingerprint density at radius 2 is 2.14 bits per heavy atom. The fourth-order valence-electron chi connectivity index (χ4n) is 3.11. The van der Waals surface area contributed by atoms with E-state index in [1.165, 1.54) is 0 Å². The van der Waals surface area contributed by atoms with Crippen molar-refractivity contribution in [3.63, 3.8) is 0 Å². The molecular weight excluding hydrogens is 264 g/mol. The maximum absolute atomic E-state index is 6.09. The van der Waals surface area contributed by atoms with E-state index in [0.29, 0.717) is 12.4 Å². The summed E-state index contributed by atoms with van der Waals surface area (Å²) in [6.07, 6.45) is 2.61.